The molecule has 1 atom stereocenters. The van der Waals surface area contributed by atoms with Crippen molar-refractivity contribution in [1.29, 1.82) is 0 Å². The molecule has 0 bridgehead atoms. The largest absolute Gasteiger partial charge is 0.494 e. The summed E-state index contributed by atoms with van der Waals surface area (Å²) in [6.07, 6.45) is 1.76. The summed E-state index contributed by atoms with van der Waals surface area (Å²) in [4.78, 5) is 10.7. The van der Waals surface area contributed by atoms with Gasteiger partial charge in [0.2, 0.25) is 5.91 Å². The maximum atomic E-state index is 10.7. The summed E-state index contributed by atoms with van der Waals surface area (Å²) < 4.78 is 6.51. The molecule has 100 valence electrons. The Kier molecular flexibility index (Phi) is 6.15. The standard InChI is InChI=1S/C13H19BrN2O2/c1-2-18-12-7-6-9(14)8-10(12)11(15)4-3-5-13(16)17/h6-8,11H,2-5,15H2,1H3,(H2,16,17). The normalized spacial score (nSPS) is 12.2. The van der Waals surface area contributed by atoms with E-state index in [9.17, 15) is 4.79 Å². The highest BCUT2D eigenvalue weighted by Gasteiger charge is 2.13. The van der Waals surface area contributed by atoms with E-state index < -0.39 is 0 Å². The highest BCUT2D eigenvalue weighted by molar-refractivity contribution is 9.10. The average Bonchev–Trinajstić information content (AvgIpc) is 2.31. The molecule has 0 spiro atoms. The van der Waals surface area contributed by atoms with E-state index in [0.29, 0.717) is 25.9 Å². The van der Waals surface area contributed by atoms with E-state index in [1.54, 1.807) is 0 Å². The summed E-state index contributed by atoms with van der Waals surface area (Å²) in [6, 6.07) is 5.63. The van der Waals surface area contributed by atoms with E-state index in [4.69, 9.17) is 16.2 Å². The fourth-order valence-corrected chi connectivity index (χ4v) is 2.13. The van der Waals surface area contributed by atoms with Crippen molar-refractivity contribution in [3.63, 3.8) is 0 Å². The molecule has 4 nitrogen and oxygen atoms in total. The smallest absolute Gasteiger partial charge is 0.217 e. The van der Waals surface area contributed by atoms with Gasteiger partial charge >= 0.3 is 0 Å². The zero-order valence-corrected chi connectivity index (χ0v) is 12.1. The highest BCUT2D eigenvalue weighted by Crippen LogP contribution is 2.30. The first-order chi connectivity index (χ1) is 8.54. The lowest BCUT2D eigenvalue weighted by atomic mass is 10.0. The van der Waals surface area contributed by atoms with Crippen molar-refractivity contribution in [1.82, 2.24) is 0 Å². The van der Waals surface area contributed by atoms with Crippen molar-refractivity contribution in [2.24, 2.45) is 11.5 Å². The molecule has 0 aliphatic heterocycles. The average molecular weight is 315 g/mol. The predicted molar refractivity (Wildman–Crippen MR) is 75.3 cm³/mol. The van der Waals surface area contributed by atoms with Crippen molar-refractivity contribution in [3.05, 3.63) is 28.2 Å². The number of ether oxygens (including phenoxy) is 1. The van der Waals surface area contributed by atoms with Crippen LogP contribution in [0.5, 0.6) is 5.75 Å². The van der Waals surface area contributed by atoms with Gasteiger partial charge in [0.1, 0.15) is 5.75 Å². The molecule has 1 rings (SSSR count). The lowest BCUT2D eigenvalue weighted by Crippen LogP contribution is -2.15. The second kappa shape index (κ2) is 7.38. The molecule has 0 radical (unpaired) electrons. The van der Waals surface area contributed by atoms with Gasteiger partial charge < -0.3 is 16.2 Å². The van der Waals surface area contributed by atoms with Gasteiger partial charge in [-0.1, -0.05) is 15.9 Å². The third-order valence-corrected chi connectivity index (χ3v) is 3.10. The molecule has 1 aromatic carbocycles. The van der Waals surface area contributed by atoms with Gasteiger partial charge in [0, 0.05) is 22.5 Å². The summed E-state index contributed by atoms with van der Waals surface area (Å²) in [5.41, 5.74) is 12.2. The first kappa shape index (κ1) is 15.0. The second-order valence-electron chi connectivity index (χ2n) is 4.08. The molecule has 4 N–H and O–H groups in total. The minimum atomic E-state index is -0.290. The Morgan fingerprint density at radius 1 is 1.50 bits per heavy atom. The number of hydrogen-bond donors (Lipinski definition) is 2. The van der Waals surface area contributed by atoms with Crippen molar-refractivity contribution in [2.75, 3.05) is 6.61 Å². The van der Waals surface area contributed by atoms with Gasteiger partial charge in [-0.25, -0.2) is 0 Å². The Hall–Kier alpha value is -1.07. The molecule has 1 aromatic rings. The van der Waals surface area contributed by atoms with E-state index in [1.165, 1.54) is 0 Å². The fraction of sp³-hybridized carbons (Fsp3) is 0.462. The number of nitrogens with two attached hydrogens (primary N) is 2. The van der Waals surface area contributed by atoms with Crippen LogP contribution in [0.4, 0.5) is 0 Å². The summed E-state index contributed by atoms with van der Waals surface area (Å²) in [5, 5.41) is 0. The lowest BCUT2D eigenvalue weighted by Gasteiger charge is -2.16. The molecule has 0 aliphatic rings. The number of carbonyl (C=O) groups excluding carboxylic acids is 1. The quantitative estimate of drug-likeness (QED) is 0.811. The highest BCUT2D eigenvalue weighted by atomic mass is 79.9. The van der Waals surface area contributed by atoms with Crippen molar-refractivity contribution >= 4 is 21.8 Å². The van der Waals surface area contributed by atoms with Crippen molar-refractivity contribution < 1.29 is 9.53 Å². The van der Waals surface area contributed by atoms with Crippen LogP contribution in [-0.4, -0.2) is 12.5 Å². The Morgan fingerprint density at radius 2 is 2.22 bits per heavy atom. The number of halogens is 1. The minimum Gasteiger partial charge on any atom is -0.494 e. The second-order valence-corrected chi connectivity index (χ2v) is 5.00. The monoisotopic (exact) mass is 314 g/mol. The Labute approximate surface area is 116 Å². The van der Waals surface area contributed by atoms with E-state index >= 15 is 0 Å². The van der Waals surface area contributed by atoms with Crippen LogP contribution in [0.15, 0.2) is 22.7 Å². The van der Waals surface area contributed by atoms with Crippen LogP contribution in [0.25, 0.3) is 0 Å². The van der Waals surface area contributed by atoms with Crippen LogP contribution in [-0.2, 0) is 4.79 Å². The maximum Gasteiger partial charge on any atom is 0.217 e. The van der Waals surface area contributed by atoms with Crippen LogP contribution in [0.1, 0.15) is 37.8 Å². The van der Waals surface area contributed by atoms with E-state index in [2.05, 4.69) is 15.9 Å². The zero-order chi connectivity index (χ0) is 13.5. The third kappa shape index (κ3) is 4.66. The minimum absolute atomic E-state index is 0.150. The van der Waals surface area contributed by atoms with E-state index in [1.807, 2.05) is 25.1 Å². The molecular formula is C13H19BrN2O2. The topological polar surface area (TPSA) is 78.3 Å². The number of amides is 1. The van der Waals surface area contributed by atoms with Crippen LogP contribution in [0, 0.1) is 0 Å². The molecule has 0 aromatic heterocycles. The van der Waals surface area contributed by atoms with Crippen molar-refractivity contribution in [2.45, 2.75) is 32.2 Å². The summed E-state index contributed by atoms with van der Waals surface area (Å²) in [7, 11) is 0. The first-order valence-electron chi connectivity index (χ1n) is 6.00. The number of rotatable bonds is 7. The Bertz CT molecular complexity index is 410. The molecular weight excluding hydrogens is 296 g/mol. The van der Waals surface area contributed by atoms with Crippen LogP contribution in [0.2, 0.25) is 0 Å². The number of benzene rings is 1. The van der Waals surface area contributed by atoms with Gasteiger partial charge in [-0.05, 0) is 38.0 Å². The van der Waals surface area contributed by atoms with E-state index in [-0.39, 0.29) is 11.9 Å². The Balaban J connectivity index is 2.72. The van der Waals surface area contributed by atoms with Gasteiger partial charge in [-0.3, -0.25) is 4.79 Å². The molecule has 1 amide bonds. The molecule has 0 saturated heterocycles. The van der Waals surface area contributed by atoms with Gasteiger partial charge in [-0.2, -0.15) is 0 Å². The van der Waals surface area contributed by atoms with Gasteiger partial charge in [-0.15, -0.1) is 0 Å². The number of primary amides is 1. The molecule has 0 heterocycles. The summed E-state index contributed by atoms with van der Waals surface area (Å²) in [5.74, 6) is 0.508. The number of hydrogen-bond acceptors (Lipinski definition) is 3. The maximum absolute atomic E-state index is 10.7. The summed E-state index contributed by atoms with van der Waals surface area (Å²) >= 11 is 3.42. The third-order valence-electron chi connectivity index (χ3n) is 2.61. The van der Waals surface area contributed by atoms with Gasteiger partial charge in [0.25, 0.3) is 0 Å². The van der Waals surface area contributed by atoms with Crippen LogP contribution < -0.4 is 16.2 Å². The van der Waals surface area contributed by atoms with Crippen LogP contribution in [0.3, 0.4) is 0 Å². The zero-order valence-electron chi connectivity index (χ0n) is 10.5. The molecule has 1 unspecified atom stereocenters. The van der Waals surface area contributed by atoms with Gasteiger partial charge in [0.15, 0.2) is 0 Å². The number of carbonyl (C=O) groups is 1. The first-order valence-corrected chi connectivity index (χ1v) is 6.80. The fourth-order valence-electron chi connectivity index (χ4n) is 1.75. The van der Waals surface area contributed by atoms with E-state index in [0.717, 1.165) is 15.8 Å². The predicted octanol–water partition coefficient (Wildman–Crippen LogP) is 2.50. The van der Waals surface area contributed by atoms with Gasteiger partial charge in [0.05, 0.1) is 6.61 Å². The molecule has 18 heavy (non-hydrogen) atoms. The molecule has 0 saturated carbocycles. The SMILES string of the molecule is CCOc1ccc(Br)cc1C(N)CCCC(N)=O. The van der Waals surface area contributed by atoms with Crippen molar-refractivity contribution in [3.8, 4) is 5.75 Å². The lowest BCUT2D eigenvalue weighted by molar-refractivity contribution is -0.118. The Morgan fingerprint density at radius 3 is 2.83 bits per heavy atom. The molecule has 0 aliphatic carbocycles. The summed E-state index contributed by atoms with van der Waals surface area (Å²) in [6.45, 7) is 2.53. The van der Waals surface area contributed by atoms with Crippen LogP contribution >= 0.6 is 15.9 Å². The molecule has 5 heteroatoms. The molecule has 0 fully saturated rings.